The van der Waals surface area contributed by atoms with Crippen molar-refractivity contribution in [1.82, 2.24) is 4.57 Å². The number of sulfonamides is 1. The number of nitrogens with one attached hydrogen (secondary N) is 2. The van der Waals surface area contributed by atoms with Gasteiger partial charge in [-0.25, -0.2) is 17.2 Å². The lowest BCUT2D eigenvalue weighted by Gasteiger charge is -2.17. The van der Waals surface area contributed by atoms with Gasteiger partial charge in [-0.15, -0.1) is 0 Å². The van der Waals surface area contributed by atoms with Crippen LogP contribution in [0.3, 0.4) is 0 Å². The van der Waals surface area contributed by atoms with Gasteiger partial charge in [0.1, 0.15) is 11.6 Å². The van der Waals surface area contributed by atoms with Crippen molar-refractivity contribution in [2.75, 3.05) is 10.0 Å². The lowest BCUT2D eigenvalue weighted by Crippen LogP contribution is -2.16. The van der Waals surface area contributed by atoms with Crippen LogP contribution in [-0.4, -0.2) is 13.0 Å². The van der Waals surface area contributed by atoms with Crippen LogP contribution in [0, 0.1) is 11.6 Å². The molecule has 0 atom stereocenters. The number of aryl methyl sites for hydroxylation is 1. The standard InChI is InChI=1S/C24H19F2N3O3S/c1-3-33(31,32)28-16-9-11-22(27-23-10-8-15(25)12-21(23)26)19(13-16)20-14-29(2)24(30)18-7-5-4-6-17(18)20/h3-14,27-28H,1H2,2H3. The van der Waals surface area contributed by atoms with Gasteiger partial charge in [0.05, 0.1) is 5.69 Å². The van der Waals surface area contributed by atoms with Crippen molar-refractivity contribution in [3.63, 3.8) is 0 Å². The van der Waals surface area contributed by atoms with Crippen molar-refractivity contribution >= 4 is 37.9 Å². The van der Waals surface area contributed by atoms with Crippen LogP contribution in [0.15, 0.2) is 83.6 Å². The number of hydrogen-bond acceptors (Lipinski definition) is 4. The van der Waals surface area contributed by atoms with Crippen LogP contribution in [0.5, 0.6) is 0 Å². The Balaban J connectivity index is 1.96. The summed E-state index contributed by atoms with van der Waals surface area (Å²) in [4.78, 5) is 12.6. The minimum Gasteiger partial charge on any atom is -0.353 e. The van der Waals surface area contributed by atoms with Gasteiger partial charge in [-0.05, 0) is 41.8 Å². The largest absolute Gasteiger partial charge is 0.353 e. The number of rotatable bonds is 6. The zero-order valence-electron chi connectivity index (χ0n) is 17.5. The molecule has 0 aliphatic heterocycles. The van der Waals surface area contributed by atoms with Crippen LogP contribution in [0.4, 0.5) is 25.8 Å². The molecule has 4 aromatic rings. The van der Waals surface area contributed by atoms with Gasteiger partial charge in [-0.1, -0.05) is 24.8 Å². The van der Waals surface area contributed by atoms with Crippen LogP contribution >= 0.6 is 0 Å². The highest BCUT2D eigenvalue weighted by Gasteiger charge is 2.16. The molecule has 6 nitrogen and oxygen atoms in total. The Kier molecular flexibility index (Phi) is 5.73. The lowest BCUT2D eigenvalue weighted by molar-refractivity contribution is 0.586. The normalized spacial score (nSPS) is 11.4. The monoisotopic (exact) mass is 467 g/mol. The Morgan fingerprint density at radius 1 is 0.939 bits per heavy atom. The molecule has 0 unspecified atom stereocenters. The van der Waals surface area contributed by atoms with Crippen LogP contribution in [-0.2, 0) is 17.1 Å². The highest BCUT2D eigenvalue weighted by atomic mass is 32.2. The number of benzene rings is 3. The summed E-state index contributed by atoms with van der Waals surface area (Å²) in [6.07, 6.45) is 1.62. The predicted molar refractivity (Wildman–Crippen MR) is 127 cm³/mol. The van der Waals surface area contributed by atoms with Gasteiger partial charge in [0.2, 0.25) is 0 Å². The smallest absolute Gasteiger partial charge is 0.258 e. The summed E-state index contributed by atoms with van der Waals surface area (Å²) in [5.41, 5.74) is 1.61. The van der Waals surface area contributed by atoms with E-state index in [9.17, 15) is 22.0 Å². The van der Waals surface area contributed by atoms with Gasteiger partial charge in [0, 0.05) is 52.6 Å². The van der Waals surface area contributed by atoms with Crippen molar-refractivity contribution < 1.29 is 17.2 Å². The van der Waals surface area contributed by atoms with Crippen LogP contribution < -0.4 is 15.6 Å². The van der Waals surface area contributed by atoms with E-state index in [1.807, 2.05) is 0 Å². The minimum absolute atomic E-state index is 0.0335. The molecule has 0 amide bonds. The maximum atomic E-state index is 14.3. The van der Waals surface area contributed by atoms with Crippen LogP contribution in [0.25, 0.3) is 21.9 Å². The van der Waals surface area contributed by atoms with Gasteiger partial charge >= 0.3 is 0 Å². The summed E-state index contributed by atoms with van der Waals surface area (Å²) in [6, 6.07) is 14.8. The van der Waals surface area contributed by atoms with E-state index < -0.39 is 21.7 Å². The van der Waals surface area contributed by atoms with E-state index in [4.69, 9.17) is 0 Å². The highest BCUT2D eigenvalue weighted by molar-refractivity contribution is 7.95. The Morgan fingerprint density at radius 3 is 2.33 bits per heavy atom. The number of nitrogens with zero attached hydrogens (tertiary/aromatic N) is 1. The summed E-state index contributed by atoms with van der Waals surface area (Å²) in [7, 11) is -2.17. The third-order valence-electron chi connectivity index (χ3n) is 5.08. The van der Waals surface area contributed by atoms with Crippen molar-refractivity contribution in [3.8, 4) is 11.1 Å². The van der Waals surface area contributed by atoms with Crippen molar-refractivity contribution in [3.05, 3.63) is 101 Å². The quantitative estimate of drug-likeness (QED) is 0.413. The fourth-order valence-corrected chi connectivity index (χ4v) is 4.05. The number of fused-ring (bicyclic) bond motifs is 1. The topological polar surface area (TPSA) is 80.2 Å². The first-order chi connectivity index (χ1) is 15.7. The van der Waals surface area contributed by atoms with E-state index >= 15 is 0 Å². The molecular weight excluding hydrogens is 448 g/mol. The second-order valence-electron chi connectivity index (χ2n) is 7.33. The molecule has 1 heterocycles. The van der Waals surface area contributed by atoms with E-state index in [1.54, 1.807) is 49.6 Å². The molecule has 0 radical (unpaired) electrons. The first kappa shape index (κ1) is 22.2. The summed E-state index contributed by atoms with van der Waals surface area (Å²) >= 11 is 0. The summed E-state index contributed by atoms with van der Waals surface area (Å²) in [5.74, 6) is -1.50. The zero-order chi connectivity index (χ0) is 23.8. The number of hydrogen-bond donors (Lipinski definition) is 2. The average Bonchev–Trinajstić information content (AvgIpc) is 2.79. The first-order valence-electron chi connectivity index (χ1n) is 9.78. The van der Waals surface area contributed by atoms with Crippen LogP contribution in [0.1, 0.15) is 0 Å². The molecule has 2 N–H and O–H groups in total. The van der Waals surface area contributed by atoms with E-state index in [2.05, 4.69) is 16.6 Å². The molecule has 0 bridgehead atoms. The molecule has 0 saturated carbocycles. The molecular formula is C24H19F2N3O3S. The lowest BCUT2D eigenvalue weighted by atomic mass is 9.98. The third kappa shape index (κ3) is 4.49. The van der Waals surface area contributed by atoms with Gasteiger partial charge in [-0.3, -0.25) is 9.52 Å². The molecule has 33 heavy (non-hydrogen) atoms. The Labute approximate surface area is 188 Å². The number of anilines is 3. The Morgan fingerprint density at radius 2 is 1.64 bits per heavy atom. The van der Waals surface area contributed by atoms with E-state index in [0.717, 1.165) is 17.5 Å². The SMILES string of the molecule is C=CS(=O)(=O)Nc1ccc(Nc2ccc(F)cc2F)c(-c2cn(C)c(=O)c3ccccc23)c1. The second kappa shape index (κ2) is 8.51. The fraction of sp³-hybridized carbons (Fsp3) is 0.0417. The molecule has 0 saturated heterocycles. The number of pyridine rings is 1. The number of aromatic nitrogens is 1. The molecule has 1 aromatic heterocycles. The van der Waals surface area contributed by atoms with E-state index in [1.165, 1.54) is 16.7 Å². The summed E-state index contributed by atoms with van der Waals surface area (Å²) in [6.45, 7) is 3.29. The van der Waals surface area contributed by atoms with Crippen molar-refractivity contribution in [1.29, 1.82) is 0 Å². The Bertz CT molecular complexity index is 1560. The van der Waals surface area contributed by atoms with E-state index in [-0.39, 0.29) is 16.9 Å². The van der Waals surface area contributed by atoms with Gasteiger partial charge in [0.25, 0.3) is 15.6 Å². The minimum atomic E-state index is -3.78. The fourth-order valence-electron chi connectivity index (χ4n) is 3.51. The molecule has 0 aliphatic carbocycles. The zero-order valence-corrected chi connectivity index (χ0v) is 18.3. The van der Waals surface area contributed by atoms with Crippen LogP contribution in [0.2, 0.25) is 0 Å². The molecule has 3 aromatic carbocycles. The van der Waals surface area contributed by atoms with Gasteiger partial charge < -0.3 is 9.88 Å². The number of halogens is 2. The first-order valence-corrected chi connectivity index (χ1v) is 11.3. The summed E-state index contributed by atoms with van der Waals surface area (Å²) in [5, 5.41) is 4.83. The molecule has 0 spiro atoms. The van der Waals surface area contributed by atoms with Crippen molar-refractivity contribution in [2.24, 2.45) is 7.05 Å². The summed E-state index contributed by atoms with van der Waals surface area (Å²) < 4.78 is 55.5. The van der Waals surface area contributed by atoms with E-state index in [0.29, 0.717) is 27.6 Å². The molecule has 0 aliphatic rings. The predicted octanol–water partition coefficient (Wildman–Crippen LogP) is 5.11. The van der Waals surface area contributed by atoms with Gasteiger partial charge in [0.15, 0.2) is 0 Å². The Hall–Kier alpha value is -3.98. The maximum Gasteiger partial charge on any atom is 0.258 e. The van der Waals surface area contributed by atoms with Crippen molar-refractivity contribution in [2.45, 2.75) is 0 Å². The molecule has 168 valence electrons. The maximum absolute atomic E-state index is 14.3. The molecule has 9 heteroatoms. The second-order valence-corrected chi connectivity index (χ2v) is 8.96. The van der Waals surface area contributed by atoms with Gasteiger partial charge in [-0.2, -0.15) is 0 Å². The highest BCUT2D eigenvalue weighted by Crippen LogP contribution is 2.37. The molecule has 4 rings (SSSR count). The molecule has 0 fully saturated rings. The third-order valence-corrected chi connectivity index (χ3v) is 6.04. The average molecular weight is 467 g/mol.